The molecular formula is C20H23NO5. The van der Waals surface area contributed by atoms with Gasteiger partial charge in [0.2, 0.25) is 5.91 Å². The molecule has 1 atom stereocenters. The maximum Gasteiger partial charge on any atom is 0.330 e. The normalized spacial score (nSPS) is 11.6. The van der Waals surface area contributed by atoms with Crippen LogP contribution in [-0.2, 0) is 14.3 Å². The van der Waals surface area contributed by atoms with E-state index in [-0.39, 0.29) is 13.2 Å². The first-order chi connectivity index (χ1) is 12.5. The van der Waals surface area contributed by atoms with E-state index in [1.807, 2.05) is 50.2 Å². The molecule has 1 amide bonds. The number of benzene rings is 2. The Labute approximate surface area is 152 Å². The summed E-state index contributed by atoms with van der Waals surface area (Å²) in [6.07, 6.45) is 0. The van der Waals surface area contributed by atoms with Gasteiger partial charge in [-0.1, -0.05) is 36.4 Å². The van der Waals surface area contributed by atoms with E-state index in [4.69, 9.17) is 9.47 Å². The minimum Gasteiger partial charge on any atom is -0.491 e. The fourth-order valence-electron chi connectivity index (χ4n) is 2.46. The molecule has 2 aromatic carbocycles. The Morgan fingerprint density at radius 1 is 1.04 bits per heavy atom. The van der Waals surface area contributed by atoms with Crippen LogP contribution >= 0.6 is 0 Å². The molecule has 2 N–H and O–H groups in total. The number of carboxylic acid groups (broad SMARTS) is 1. The third-order valence-electron chi connectivity index (χ3n) is 3.98. The smallest absolute Gasteiger partial charge is 0.330 e. The van der Waals surface area contributed by atoms with Gasteiger partial charge >= 0.3 is 5.97 Å². The largest absolute Gasteiger partial charge is 0.491 e. The summed E-state index contributed by atoms with van der Waals surface area (Å²) in [6.45, 7) is 4.03. The van der Waals surface area contributed by atoms with Gasteiger partial charge in [-0.2, -0.15) is 0 Å². The van der Waals surface area contributed by atoms with Crippen LogP contribution in [0.5, 0.6) is 5.75 Å². The highest BCUT2D eigenvalue weighted by Gasteiger charge is 2.24. The van der Waals surface area contributed by atoms with Gasteiger partial charge in [0.15, 0.2) is 6.04 Å². The first-order valence-electron chi connectivity index (χ1n) is 8.33. The molecule has 6 nitrogen and oxygen atoms in total. The van der Waals surface area contributed by atoms with Crippen LogP contribution in [0.25, 0.3) is 0 Å². The summed E-state index contributed by atoms with van der Waals surface area (Å²) in [5.74, 6) is -0.876. The number of amides is 1. The topological polar surface area (TPSA) is 84.9 Å². The first-order valence-corrected chi connectivity index (χ1v) is 8.33. The molecule has 0 aliphatic rings. The molecule has 0 fully saturated rings. The fraction of sp³-hybridized carbons (Fsp3) is 0.300. The zero-order valence-corrected chi connectivity index (χ0v) is 14.9. The average molecular weight is 357 g/mol. The van der Waals surface area contributed by atoms with Crippen LogP contribution in [0.3, 0.4) is 0 Å². The summed E-state index contributed by atoms with van der Waals surface area (Å²) >= 11 is 0. The second kappa shape index (κ2) is 9.58. The predicted octanol–water partition coefficient (Wildman–Crippen LogP) is 2.64. The van der Waals surface area contributed by atoms with Gasteiger partial charge in [0.1, 0.15) is 19.0 Å². The number of hydrogen-bond acceptors (Lipinski definition) is 4. The van der Waals surface area contributed by atoms with Gasteiger partial charge in [-0.25, -0.2) is 4.79 Å². The van der Waals surface area contributed by atoms with E-state index in [1.54, 1.807) is 12.1 Å². The number of nitrogens with one attached hydrogen (secondary N) is 1. The molecule has 0 saturated carbocycles. The lowest BCUT2D eigenvalue weighted by Gasteiger charge is -2.18. The molecular weight excluding hydrogens is 334 g/mol. The van der Waals surface area contributed by atoms with Crippen LogP contribution in [0.4, 0.5) is 0 Å². The lowest BCUT2D eigenvalue weighted by molar-refractivity contribution is -0.142. The Kier molecular flexibility index (Phi) is 7.17. The molecule has 0 radical (unpaired) electrons. The molecule has 0 aromatic heterocycles. The van der Waals surface area contributed by atoms with Crippen LogP contribution < -0.4 is 10.1 Å². The van der Waals surface area contributed by atoms with E-state index in [0.717, 1.165) is 16.9 Å². The van der Waals surface area contributed by atoms with Crippen molar-refractivity contribution in [2.24, 2.45) is 0 Å². The molecule has 0 aliphatic heterocycles. The van der Waals surface area contributed by atoms with E-state index in [0.29, 0.717) is 12.2 Å². The van der Waals surface area contributed by atoms with Crippen LogP contribution in [0.1, 0.15) is 22.7 Å². The summed E-state index contributed by atoms with van der Waals surface area (Å²) in [5.41, 5.74) is 2.38. The number of aliphatic carboxylic acids is 1. The van der Waals surface area contributed by atoms with Crippen molar-refractivity contribution in [3.8, 4) is 5.75 Å². The summed E-state index contributed by atoms with van der Waals surface area (Å²) in [6, 6.07) is 13.5. The maximum absolute atomic E-state index is 12.0. The number of carbonyl (C=O) groups excluding carboxylic acids is 1. The lowest BCUT2D eigenvalue weighted by atomic mass is 9.97. The number of carbonyl (C=O) groups is 2. The highest BCUT2D eigenvalue weighted by molar-refractivity contribution is 5.85. The van der Waals surface area contributed by atoms with E-state index in [2.05, 4.69) is 5.32 Å². The van der Waals surface area contributed by atoms with Gasteiger partial charge in [0.25, 0.3) is 0 Å². The predicted molar refractivity (Wildman–Crippen MR) is 97.2 cm³/mol. The van der Waals surface area contributed by atoms with Crippen molar-refractivity contribution in [3.63, 3.8) is 0 Å². The third kappa shape index (κ3) is 5.60. The Balaban J connectivity index is 1.81. The van der Waals surface area contributed by atoms with Crippen LogP contribution in [-0.4, -0.2) is 36.8 Å². The molecule has 0 bridgehead atoms. The molecule has 0 saturated heterocycles. The summed E-state index contributed by atoms with van der Waals surface area (Å²) in [5, 5.41) is 12.0. The van der Waals surface area contributed by atoms with Crippen molar-refractivity contribution in [1.82, 2.24) is 5.32 Å². The number of para-hydroxylation sites is 1. The molecule has 6 heteroatoms. The Morgan fingerprint density at radius 3 is 2.46 bits per heavy atom. The van der Waals surface area contributed by atoms with Gasteiger partial charge in [0.05, 0.1) is 6.61 Å². The highest BCUT2D eigenvalue weighted by Crippen LogP contribution is 2.20. The van der Waals surface area contributed by atoms with Crippen molar-refractivity contribution >= 4 is 11.9 Å². The molecule has 26 heavy (non-hydrogen) atoms. The number of aryl methyl sites for hydroxylation is 1. The Hall–Kier alpha value is -2.86. The molecule has 0 heterocycles. The molecule has 0 spiro atoms. The maximum atomic E-state index is 12.0. The first kappa shape index (κ1) is 19.5. The van der Waals surface area contributed by atoms with Gasteiger partial charge in [0, 0.05) is 0 Å². The molecule has 0 aliphatic carbocycles. The van der Waals surface area contributed by atoms with E-state index < -0.39 is 17.9 Å². The molecule has 2 rings (SSSR count). The number of hydrogen-bond donors (Lipinski definition) is 2. The second-order valence-electron chi connectivity index (χ2n) is 5.84. The van der Waals surface area contributed by atoms with Crippen LogP contribution in [0.15, 0.2) is 48.5 Å². The van der Waals surface area contributed by atoms with Gasteiger partial charge in [-0.3, -0.25) is 4.79 Å². The minimum atomic E-state index is -1.11. The summed E-state index contributed by atoms with van der Waals surface area (Å²) < 4.78 is 10.7. The Morgan fingerprint density at radius 2 is 1.77 bits per heavy atom. The van der Waals surface area contributed by atoms with E-state index >= 15 is 0 Å². The summed E-state index contributed by atoms with van der Waals surface area (Å²) in [4.78, 5) is 23.6. The highest BCUT2D eigenvalue weighted by atomic mass is 16.5. The monoisotopic (exact) mass is 357 g/mol. The van der Waals surface area contributed by atoms with Gasteiger partial charge < -0.3 is 19.9 Å². The van der Waals surface area contributed by atoms with Crippen LogP contribution in [0, 0.1) is 13.8 Å². The van der Waals surface area contributed by atoms with Crippen molar-refractivity contribution in [1.29, 1.82) is 0 Å². The second-order valence-corrected chi connectivity index (χ2v) is 5.84. The Bertz CT molecular complexity index is 745. The van der Waals surface area contributed by atoms with Crippen molar-refractivity contribution in [2.45, 2.75) is 19.9 Å². The molecule has 1 unspecified atom stereocenters. The van der Waals surface area contributed by atoms with Gasteiger partial charge in [-0.15, -0.1) is 0 Å². The standard InChI is InChI=1S/C20H23NO5/c1-14-7-6-10-17(15(14)2)19(20(23)24)21-18(22)13-25-11-12-26-16-8-4-3-5-9-16/h3-10,19H,11-13H2,1-2H3,(H,21,22)(H,23,24). The summed E-state index contributed by atoms with van der Waals surface area (Å²) in [7, 11) is 0. The quantitative estimate of drug-likeness (QED) is 0.674. The third-order valence-corrected chi connectivity index (χ3v) is 3.98. The average Bonchev–Trinajstić information content (AvgIpc) is 2.63. The van der Waals surface area contributed by atoms with Crippen molar-refractivity contribution < 1.29 is 24.2 Å². The lowest BCUT2D eigenvalue weighted by Crippen LogP contribution is -2.36. The minimum absolute atomic E-state index is 0.226. The molecule has 2 aromatic rings. The van der Waals surface area contributed by atoms with Crippen molar-refractivity contribution in [2.75, 3.05) is 19.8 Å². The number of carboxylic acids is 1. The van der Waals surface area contributed by atoms with E-state index in [9.17, 15) is 14.7 Å². The number of ether oxygens (including phenoxy) is 2. The number of rotatable bonds is 9. The zero-order chi connectivity index (χ0) is 18.9. The van der Waals surface area contributed by atoms with Crippen LogP contribution in [0.2, 0.25) is 0 Å². The van der Waals surface area contributed by atoms with Gasteiger partial charge in [-0.05, 0) is 42.7 Å². The van der Waals surface area contributed by atoms with Crippen molar-refractivity contribution in [3.05, 3.63) is 65.2 Å². The fourth-order valence-corrected chi connectivity index (χ4v) is 2.46. The van der Waals surface area contributed by atoms with E-state index in [1.165, 1.54) is 0 Å². The molecule has 138 valence electrons. The zero-order valence-electron chi connectivity index (χ0n) is 14.9. The SMILES string of the molecule is Cc1cccc(C(NC(=O)COCCOc2ccccc2)C(=O)O)c1C.